The van der Waals surface area contributed by atoms with Gasteiger partial charge in [0.1, 0.15) is 5.58 Å². The Labute approximate surface area is 310 Å². The van der Waals surface area contributed by atoms with Gasteiger partial charge >= 0.3 is 0 Å². The highest BCUT2D eigenvalue weighted by Crippen LogP contribution is 2.43. The second-order valence-corrected chi connectivity index (χ2v) is 13.6. The van der Waals surface area contributed by atoms with E-state index in [4.69, 9.17) is 19.4 Å². The van der Waals surface area contributed by atoms with Crippen LogP contribution in [0.1, 0.15) is 0 Å². The molecule has 3 aromatic heterocycles. The molecule has 0 fully saturated rings. The van der Waals surface area contributed by atoms with Crippen molar-refractivity contribution >= 4 is 54.5 Å². The number of benzene rings is 8. The van der Waals surface area contributed by atoms with Crippen molar-refractivity contribution in [3.8, 4) is 51.0 Å². The van der Waals surface area contributed by atoms with Crippen LogP contribution in [-0.2, 0) is 0 Å². The zero-order valence-electron chi connectivity index (χ0n) is 29.0. The van der Waals surface area contributed by atoms with E-state index in [1.807, 2.05) is 72.8 Å². The zero-order valence-corrected chi connectivity index (χ0v) is 29.0. The van der Waals surface area contributed by atoms with Crippen molar-refractivity contribution in [1.82, 2.24) is 19.5 Å². The third-order valence-corrected chi connectivity index (χ3v) is 10.4. The van der Waals surface area contributed by atoms with Gasteiger partial charge in [0.05, 0.1) is 16.7 Å². The summed E-state index contributed by atoms with van der Waals surface area (Å²) in [5.74, 6) is 1.82. The van der Waals surface area contributed by atoms with Gasteiger partial charge in [0.2, 0.25) is 0 Å². The highest BCUT2D eigenvalue weighted by atomic mass is 16.3. The minimum atomic E-state index is 0.588. The maximum atomic E-state index is 6.97. The molecule has 0 aliphatic heterocycles. The maximum Gasteiger partial charge on any atom is 0.164 e. The van der Waals surface area contributed by atoms with Crippen LogP contribution < -0.4 is 0 Å². The Morgan fingerprint density at radius 2 is 0.981 bits per heavy atom. The number of rotatable bonds is 5. The summed E-state index contributed by atoms with van der Waals surface area (Å²) in [5, 5.41) is 6.74. The van der Waals surface area contributed by atoms with Crippen LogP contribution in [0.4, 0.5) is 0 Å². The topological polar surface area (TPSA) is 56.7 Å². The lowest BCUT2D eigenvalue weighted by atomic mass is 9.97. The van der Waals surface area contributed by atoms with E-state index in [0.717, 1.165) is 66.5 Å². The average molecular weight is 691 g/mol. The molecular formula is C49H30N4O. The lowest BCUT2D eigenvalue weighted by Gasteiger charge is -2.13. The quantitative estimate of drug-likeness (QED) is 0.180. The molecule has 8 aromatic carbocycles. The van der Waals surface area contributed by atoms with Crippen LogP contribution in [0.25, 0.3) is 105 Å². The second kappa shape index (κ2) is 12.1. The van der Waals surface area contributed by atoms with Gasteiger partial charge < -0.3 is 8.98 Å². The molecule has 0 radical (unpaired) electrons. The van der Waals surface area contributed by atoms with Crippen molar-refractivity contribution in [2.75, 3.05) is 0 Å². The van der Waals surface area contributed by atoms with E-state index < -0.39 is 0 Å². The Balaban J connectivity index is 1.24. The average Bonchev–Trinajstić information content (AvgIpc) is 3.80. The number of hydrogen-bond donors (Lipinski definition) is 0. The van der Waals surface area contributed by atoms with Crippen molar-refractivity contribution < 1.29 is 4.42 Å². The molecule has 3 heterocycles. The Morgan fingerprint density at radius 1 is 0.389 bits per heavy atom. The highest BCUT2D eigenvalue weighted by Gasteiger charge is 2.23. The number of para-hydroxylation sites is 2. The molecule has 5 nitrogen and oxygen atoms in total. The highest BCUT2D eigenvalue weighted by molar-refractivity contribution is 6.17. The summed E-state index contributed by atoms with van der Waals surface area (Å²) in [6, 6.07) is 63.3. The molecule has 0 saturated carbocycles. The van der Waals surface area contributed by atoms with Gasteiger partial charge in [-0.1, -0.05) is 146 Å². The molecule has 0 atom stereocenters. The fourth-order valence-corrected chi connectivity index (χ4v) is 7.91. The van der Waals surface area contributed by atoms with Gasteiger partial charge in [0.25, 0.3) is 0 Å². The van der Waals surface area contributed by atoms with Gasteiger partial charge in [-0.05, 0) is 58.3 Å². The summed E-state index contributed by atoms with van der Waals surface area (Å²) in [4.78, 5) is 15.2. The van der Waals surface area contributed by atoms with Crippen LogP contribution in [-0.4, -0.2) is 19.5 Å². The van der Waals surface area contributed by atoms with Gasteiger partial charge in [0, 0.05) is 38.2 Å². The predicted molar refractivity (Wildman–Crippen MR) is 221 cm³/mol. The Morgan fingerprint density at radius 3 is 1.67 bits per heavy atom. The smallest absolute Gasteiger partial charge is 0.164 e. The fourth-order valence-electron chi connectivity index (χ4n) is 7.91. The molecule has 252 valence electrons. The molecule has 0 aliphatic rings. The monoisotopic (exact) mass is 690 g/mol. The lowest BCUT2D eigenvalue weighted by Crippen LogP contribution is -2.00. The molecule has 0 saturated heterocycles. The third-order valence-electron chi connectivity index (χ3n) is 10.4. The minimum absolute atomic E-state index is 0.588. The fraction of sp³-hybridized carbons (Fsp3) is 0. The van der Waals surface area contributed by atoms with Crippen molar-refractivity contribution in [3.63, 3.8) is 0 Å². The van der Waals surface area contributed by atoms with Crippen molar-refractivity contribution in [3.05, 3.63) is 182 Å². The van der Waals surface area contributed by atoms with Gasteiger partial charge in [-0.3, -0.25) is 0 Å². The number of fused-ring (bicyclic) bond motifs is 7. The van der Waals surface area contributed by atoms with Crippen LogP contribution in [0.5, 0.6) is 0 Å². The van der Waals surface area contributed by atoms with E-state index in [1.165, 1.54) is 21.5 Å². The van der Waals surface area contributed by atoms with Crippen molar-refractivity contribution in [2.24, 2.45) is 0 Å². The van der Waals surface area contributed by atoms with E-state index in [-0.39, 0.29) is 0 Å². The summed E-state index contributed by atoms with van der Waals surface area (Å²) >= 11 is 0. The largest absolute Gasteiger partial charge is 0.454 e. The first-order valence-corrected chi connectivity index (χ1v) is 18.1. The van der Waals surface area contributed by atoms with Gasteiger partial charge in [0.15, 0.2) is 23.1 Å². The first-order chi connectivity index (χ1) is 26.8. The van der Waals surface area contributed by atoms with Crippen LogP contribution in [0, 0.1) is 0 Å². The Hall–Kier alpha value is -7.37. The number of nitrogens with zero attached hydrogens (tertiary/aromatic N) is 4. The molecule has 5 heteroatoms. The number of hydrogen-bond acceptors (Lipinski definition) is 4. The summed E-state index contributed by atoms with van der Waals surface area (Å²) in [6.07, 6.45) is 0. The molecule has 0 unspecified atom stereocenters. The standard InChI is InChI=1S/C49H30N4O/c1-3-15-32(16-4-1)47-50-48(33-17-5-2-6-18-33)52-49(51-47)39-22-13-25-44-45(39)40-29-36(35-27-26-31-14-7-8-19-34(31)28-35)30-43(46(40)54-44)53-41-23-11-9-20-37(41)38-21-10-12-24-42(38)53/h1-30H. The predicted octanol–water partition coefficient (Wildman–Crippen LogP) is 12.7. The zero-order chi connectivity index (χ0) is 35.6. The summed E-state index contributed by atoms with van der Waals surface area (Å²) in [6.45, 7) is 0. The Kier molecular flexibility index (Phi) is 6.79. The second-order valence-electron chi connectivity index (χ2n) is 13.6. The van der Waals surface area contributed by atoms with Crippen molar-refractivity contribution in [1.29, 1.82) is 0 Å². The molecular weight excluding hydrogens is 661 g/mol. The SMILES string of the molecule is c1ccc(-c2nc(-c3ccccc3)nc(-c3cccc4oc5c(-n6c7ccccc7c7ccccc76)cc(-c6ccc7ccccc7c6)cc5c34)n2)cc1. The minimum Gasteiger partial charge on any atom is -0.454 e. The maximum absolute atomic E-state index is 6.97. The molecule has 0 aliphatic carbocycles. The molecule has 0 N–H and O–H groups in total. The summed E-state index contributed by atoms with van der Waals surface area (Å²) in [7, 11) is 0. The number of aromatic nitrogens is 4. The van der Waals surface area contributed by atoms with Crippen LogP contribution >= 0.6 is 0 Å². The molecule has 54 heavy (non-hydrogen) atoms. The Bertz CT molecular complexity index is 3110. The molecule has 0 amide bonds. The summed E-state index contributed by atoms with van der Waals surface area (Å²) < 4.78 is 9.32. The molecule has 0 spiro atoms. The first kappa shape index (κ1) is 30.3. The first-order valence-electron chi connectivity index (χ1n) is 18.1. The van der Waals surface area contributed by atoms with E-state index in [9.17, 15) is 0 Å². The van der Waals surface area contributed by atoms with Gasteiger partial charge in [-0.15, -0.1) is 0 Å². The van der Waals surface area contributed by atoms with E-state index in [0.29, 0.717) is 17.5 Å². The lowest BCUT2D eigenvalue weighted by molar-refractivity contribution is 0.666. The van der Waals surface area contributed by atoms with Crippen LogP contribution in [0.2, 0.25) is 0 Å². The van der Waals surface area contributed by atoms with Gasteiger partial charge in [-0.2, -0.15) is 0 Å². The van der Waals surface area contributed by atoms with Crippen molar-refractivity contribution in [2.45, 2.75) is 0 Å². The van der Waals surface area contributed by atoms with Crippen LogP contribution in [0.15, 0.2) is 186 Å². The summed E-state index contributed by atoms with van der Waals surface area (Å²) in [5.41, 5.74) is 9.73. The normalized spacial score (nSPS) is 11.7. The number of furan rings is 1. The van der Waals surface area contributed by atoms with E-state index in [2.05, 4.69) is 114 Å². The molecule has 11 rings (SSSR count). The van der Waals surface area contributed by atoms with Crippen LogP contribution in [0.3, 0.4) is 0 Å². The van der Waals surface area contributed by atoms with Gasteiger partial charge in [-0.25, -0.2) is 15.0 Å². The van der Waals surface area contributed by atoms with E-state index >= 15 is 0 Å². The van der Waals surface area contributed by atoms with E-state index in [1.54, 1.807) is 0 Å². The molecule has 11 aromatic rings. The third kappa shape index (κ3) is 4.83. The molecule has 0 bridgehead atoms.